The van der Waals surface area contributed by atoms with Crippen molar-refractivity contribution in [1.29, 1.82) is 0 Å². The molecule has 0 unspecified atom stereocenters. The second-order valence-corrected chi connectivity index (χ2v) is 6.66. The Morgan fingerprint density at radius 2 is 1.60 bits per heavy atom. The maximum Gasteiger partial charge on any atom is 0.295 e. The normalized spacial score (nSPS) is 11.8. The van der Waals surface area contributed by atoms with E-state index in [-0.39, 0.29) is 4.90 Å². The van der Waals surface area contributed by atoms with Crippen LogP contribution in [0.2, 0.25) is 0 Å². The Balaban J connectivity index is 2.43. The fraction of sp³-hybridized carbons (Fsp3) is 0.250. The van der Waals surface area contributed by atoms with Crippen LogP contribution >= 0.6 is 0 Å². The van der Waals surface area contributed by atoms with Crippen molar-refractivity contribution in [2.24, 2.45) is 5.92 Å². The molecule has 0 atom stereocenters. The van der Waals surface area contributed by atoms with Gasteiger partial charge in [-0.1, -0.05) is 56.3 Å². The first kappa shape index (κ1) is 14.8. The fourth-order valence-electron chi connectivity index (χ4n) is 2.22. The van der Waals surface area contributed by atoms with Crippen LogP contribution in [0.1, 0.15) is 19.4 Å². The zero-order chi connectivity index (χ0) is 14.8. The molecule has 0 aliphatic rings. The molecule has 0 saturated heterocycles. The lowest BCUT2D eigenvalue weighted by atomic mass is 9.99. The Labute approximate surface area is 120 Å². The third kappa shape index (κ3) is 3.46. The van der Waals surface area contributed by atoms with Crippen LogP contribution in [-0.4, -0.2) is 13.0 Å². The first-order valence-electron chi connectivity index (χ1n) is 6.54. The minimum Gasteiger partial charge on any atom is -0.282 e. The number of hydrogen-bond acceptors (Lipinski definition) is 2. The standard InChI is InChI=1S/C16H18O3S/c1-12(2)11-13-7-9-14(10-8-13)15-5-3-4-6-16(15)20(17,18)19/h3-10,12H,11H2,1-2H3,(H,17,18,19). The topological polar surface area (TPSA) is 54.4 Å². The van der Waals surface area contributed by atoms with E-state index < -0.39 is 10.1 Å². The summed E-state index contributed by atoms with van der Waals surface area (Å²) in [6.07, 6.45) is 0.986. The summed E-state index contributed by atoms with van der Waals surface area (Å²) in [7, 11) is -4.21. The van der Waals surface area contributed by atoms with Gasteiger partial charge in [0.2, 0.25) is 0 Å². The monoisotopic (exact) mass is 290 g/mol. The Morgan fingerprint density at radius 1 is 1.00 bits per heavy atom. The van der Waals surface area contributed by atoms with Gasteiger partial charge in [0.15, 0.2) is 0 Å². The molecule has 1 N–H and O–H groups in total. The summed E-state index contributed by atoms with van der Waals surface area (Å²) in [6, 6.07) is 14.2. The summed E-state index contributed by atoms with van der Waals surface area (Å²) < 4.78 is 32.1. The van der Waals surface area contributed by atoms with E-state index in [0.29, 0.717) is 11.5 Å². The van der Waals surface area contributed by atoms with Crippen molar-refractivity contribution in [2.75, 3.05) is 0 Å². The maximum absolute atomic E-state index is 11.4. The molecule has 0 amide bonds. The molecule has 0 aromatic heterocycles. The molecule has 20 heavy (non-hydrogen) atoms. The first-order valence-corrected chi connectivity index (χ1v) is 7.98. The molecule has 2 aromatic carbocycles. The second-order valence-electron chi connectivity index (χ2n) is 5.27. The van der Waals surface area contributed by atoms with Crippen molar-refractivity contribution in [3.63, 3.8) is 0 Å². The van der Waals surface area contributed by atoms with Crippen LogP contribution in [0.15, 0.2) is 53.4 Å². The highest BCUT2D eigenvalue weighted by molar-refractivity contribution is 7.86. The van der Waals surface area contributed by atoms with Gasteiger partial charge in [0.25, 0.3) is 10.1 Å². The molecule has 0 fully saturated rings. The van der Waals surface area contributed by atoms with E-state index in [2.05, 4.69) is 13.8 Å². The van der Waals surface area contributed by atoms with Crippen molar-refractivity contribution >= 4 is 10.1 Å². The summed E-state index contributed by atoms with van der Waals surface area (Å²) >= 11 is 0. The second kappa shape index (κ2) is 5.77. The minimum absolute atomic E-state index is 0.0587. The lowest BCUT2D eigenvalue weighted by Gasteiger charge is -2.09. The van der Waals surface area contributed by atoms with Crippen LogP contribution in [0.25, 0.3) is 11.1 Å². The van der Waals surface area contributed by atoms with E-state index in [1.54, 1.807) is 18.2 Å². The van der Waals surface area contributed by atoms with Gasteiger partial charge in [-0.3, -0.25) is 4.55 Å². The van der Waals surface area contributed by atoms with E-state index in [0.717, 1.165) is 12.0 Å². The van der Waals surface area contributed by atoms with Gasteiger partial charge < -0.3 is 0 Å². The summed E-state index contributed by atoms with van der Waals surface area (Å²) in [5.74, 6) is 0.575. The molecule has 4 heteroatoms. The van der Waals surface area contributed by atoms with Gasteiger partial charge in [-0.05, 0) is 29.5 Å². The summed E-state index contributed by atoms with van der Waals surface area (Å²) in [5, 5.41) is 0. The van der Waals surface area contributed by atoms with Crippen molar-refractivity contribution in [1.82, 2.24) is 0 Å². The molecule has 0 saturated carbocycles. The molecule has 0 aliphatic carbocycles. The Morgan fingerprint density at radius 3 is 2.15 bits per heavy atom. The predicted molar refractivity (Wildman–Crippen MR) is 80.2 cm³/mol. The SMILES string of the molecule is CC(C)Cc1ccc(-c2ccccc2S(=O)(=O)O)cc1. The Hall–Kier alpha value is -1.65. The van der Waals surface area contributed by atoms with Crippen LogP contribution in [0, 0.1) is 5.92 Å². The zero-order valence-electron chi connectivity index (χ0n) is 11.6. The molecule has 2 rings (SSSR count). The van der Waals surface area contributed by atoms with Gasteiger partial charge in [-0.15, -0.1) is 0 Å². The third-order valence-electron chi connectivity index (χ3n) is 3.07. The van der Waals surface area contributed by atoms with Crippen LogP contribution in [-0.2, 0) is 16.5 Å². The summed E-state index contributed by atoms with van der Waals surface area (Å²) in [4.78, 5) is -0.0587. The van der Waals surface area contributed by atoms with Crippen LogP contribution in [0.3, 0.4) is 0 Å². The lowest BCUT2D eigenvalue weighted by Crippen LogP contribution is -2.00. The molecule has 0 aliphatic heterocycles. The molecule has 106 valence electrons. The highest BCUT2D eigenvalue weighted by Crippen LogP contribution is 2.27. The molecule has 0 spiro atoms. The van der Waals surface area contributed by atoms with Crippen molar-refractivity contribution < 1.29 is 13.0 Å². The zero-order valence-corrected chi connectivity index (χ0v) is 12.4. The van der Waals surface area contributed by atoms with Crippen LogP contribution in [0.5, 0.6) is 0 Å². The molecule has 3 nitrogen and oxygen atoms in total. The van der Waals surface area contributed by atoms with E-state index >= 15 is 0 Å². The third-order valence-corrected chi connectivity index (χ3v) is 3.99. The lowest BCUT2D eigenvalue weighted by molar-refractivity contribution is 0.483. The average molecular weight is 290 g/mol. The molecule has 0 radical (unpaired) electrons. The van der Waals surface area contributed by atoms with Gasteiger partial charge in [-0.25, -0.2) is 0 Å². The summed E-state index contributed by atoms with van der Waals surface area (Å²) in [5.41, 5.74) is 2.52. The van der Waals surface area contributed by atoms with Gasteiger partial charge >= 0.3 is 0 Å². The van der Waals surface area contributed by atoms with E-state index in [1.807, 2.05) is 24.3 Å². The molecular formula is C16H18O3S. The summed E-state index contributed by atoms with van der Waals surface area (Å²) in [6.45, 7) is 4.31. The number of benzene rings is 2. The first-order chi connectivity index (χ1) is 9.38. The highest BCUT2D eigenvalue weighted by Gasteiger charge is 2.15. The molecule has 2 aromatic rings. The highest BCUT2D eigenvalue weighted by atomic mass is 32.2. The largest absolute Gasteiger partial charge is 0.295 e. The van der Waals surface area contributed by atoms with Gasteiger partial charge in [0.1, 0.15) is 4.90 Å². The van der Waals surface area contributed by atoms with Crippen molar-refractivity contribution in [3.05, 3.63) is 54.1 Å². The van der Waals surface area contributed by atoms with Crippen molar-refractivity contribution in [3.8, 4) is 11.1 Å². The fourth-order valence-corrected chi connectivity index (χ4v) is 2.94. The van der Waals surface area contributed by atoms with Gasteiger partial charge in [0.05, 0.1) is 0 Å². The quantitative estimate of drug-likeness (QED) is 0.871. The van der Waals surface area contributed by atoms with E-state index in [1.165, 1.54) is 11.6 Å². The van der Waals surface area contributed by atoms with E-state index in [9.17, 15) is 13.0 Å². The Bertz CT molecular complexity index is 686. The van der Waals surface area contributed by atoms with Gasteiger partial charge in [-0.2, -0.15) is 8.42 Å². The van der Waals surface area contributed by atoms with Gasteiger partial charge in [0, 0.05) is 5.56 Å². The van der Waals surface area contributed by atoms with Crippen LogP contribution in [0.4, 0.5) is 0 Å². The number of hydrogen-bond donors (Lipinski definition) is 1. The predicted octanol–water partition coefficient (Wildman–Crippen LogP) is 3.80. The smallest absolute Gasteiger partial charge is 0.282 e. The molecular weight excluding hydrogens is 272 g/mol. The number of rotatable bonds is 4. The molecule has 0 bridgehead atoms. The maximum atomic E-state index is 11.4. The van der Waals surface area contributed by atoms with E-state index in [4.69, 9.17) is 0 Å². The van der Waals surface area contributed by atoms with Crippen molar-refractivity contribution in [2.45, 2.75) is 25.2 Å². The Kier molecular flexibility index (Phi) is 4.26. The average Bonchev–Trinajstić information content (AvgIpc) is 2.38. The molecule has 0 heterocycles. The van der Waals surface area contributed by atoms with Crippen LogP contribution < -0.4 is 0 Å². The minimum atomic E-state index is -4.21.